The van der Waals surface area contributed by atoms with Gasteiger partial charge in [-0.25, -0.2) is 9.97 Å². The molecule has 3 N–H and O–H groups in total. The van der Waals surface area contributed by atoms with E-state index in [0.717, 1.165) is 37.6 Å². The van der Waals surface area contributed by atoms with Crippen molar-refractivity contribution in [2.45, 2.75) is 25.7 Å². The SMILES string of the molecule is Cc1nc(C2CCCN(c3ncc(C#N)c(N)n3)C2)n[nH]1. The molecular formula is C13H16N8. The van der Waals surface area contributed by atoms with E-state index in [1.54, 1.807) is 0 Å². The summed E-state index contributed by atoms with van der Waals surface area (Å²) in [5, 5.41) is 16.0. The molecule has 0 spiro atoms. The summed E-state index contributed by atoms with van der Waals surface area (Å²) in [5.41, 5.74) is 6.06. The molecule has 0 radical (unpaired) electrons. The van der Waals surface area contributed by atoms with Crippen molar-refractivity contribution in [1.29, 1.82) is 5.26 Å². The molecule has 1 fully saturated rings. The maximum atomic E-state index is 8.87. The summed E-state index contributed by atoms with van der Waals surface area (Å²) < 4.78 is 0. The number of anilines is 2. The first-order chi connectivity index (χ1) is 10.2. The third kappa shape index (κ3) is 2.63. The lowest BCUT2D eigenvalue weighted by molar-refractivity contribution is 0.486. The van der Waals surface area contributed by atoms with Crippen LogP contribution in [-0.2, 0) is 0 Å². The molecule has 8 heteroatoms. The molecule has 2 aromatic rings. The third-order valence-electron chi connectivity index (χ3n) is 3.61. The van der Waals surface area contributed by atoms with Crippen LogP contribution >= 0.6 is 0 Å². The van der Waals surface area contributed by atoms with Crippen LogP contribution in [0.2, 0.25) is 0 Å². The molecule has 3 rings (SSSR count). The zero-order chi connectivity index (χ0) is 14.8. The maximum Gasteiger partial charge on any atom is 0.227 e. The highest BCUT2D eigenvalue weighted by Crippen LogP contribution is 2.27. The minimum absolute atomic E-state index is 0.221. The Morgan fingerprint density at radius 1 is 1.48 bits per heavy atom. The molecule has 2 aromatic heterocycles. The van der Waals surface area contributed by atoms with Crippen molar-refractivity contribution < 1.29 is 0 Å². The van der Waals surface area contributed by atoms with Crippen LogP contribution in [0.4, 0.5) is 11.8 Å². The van der Waals surface area contributed by atoms with Crippen molar-refractivity contribution in [1.82, 2.24) is 25.1 Å². The number of nitrogen functional groups attached to an aromatic ring is 1. The topological polar surface area (TPSA) is 120 Å². The lowest BCUT2D eigenvalue weighted by atomic mass is 9.98. The molecule has 1 saturated heterocycles. The molecule has 0 amide bonds. The van der Waals surface area contributed by atoms with E-state index in [0.29, 0.717) is 11.5 Å². The standard InChI is InChI=1S/C13H16N8/c1-8-17-12(20-19-8)9-3-2-4-21(7-9)13-16-6-10(5-14)11(15)18-13/h6,9H,2-4,7H2,1H3,(H2,15,16,18)(H,17,19,20). The molecule has 1 atom stereocenters. The van der Waals surface area contributed by atoms with E-state index in [2.05, 4.69) is 30.0 Å². The molecule has 1 aliphatic rings. The van der Waals surface area contributed by atoms with Crippen molar-refractivity contribution in [2.75, 3.05) is 23.7 Å². The van der Waals surface area contributed by atoms with Gasteiger partial charge in [-0.05, 0) is 19.8 Å². The van der Waals surface area contributed by atoms with Gasteiger partial charge in [0.2, 0.25) is 5.95 Å². The number of hydrogen-bond donors (Lipinski definition) is 2. The van der Waals surface area contributed by atoms with Gasteiger partial charge in [0.1, 0.15) is 23.3 Å². The Hall–Kier alpha value is -2.69. The summed E-state index contributed by atoms with van der Waals surface area (Å²) in [4.78, 5) is 14.9. The zero-order valence-electron chi connectivity index (χ0n) is 11.7. The van der Waals surface area contributed by atoms with Crippen LogP contribution in [0.3, 0.4) is 0 Å². The quantitative estimate of drug-likeness (QED) is 0.834. The van der Waals surface area contributed by atoms with E-state index < -0.39 is 0 Å². The van der Waals surface area contributed by atoms with Crippen LogP contribution in [0.1, 0.15) is 36.0 Å². The fourth-order valence-corrected chi connectivity index (χ4v) is 2.54. The Morgan fingerprint density at radius 3 is 3.00 bits per heavy atom. The van der Waals surface area contributed by atoms with Crippen molar-refractivity contribution in [2.24, 2.45) is 0 Å². The molecular weight excluding hydrogens is 268 g/mol. The number of aromatic amines is 1. The van der Waals surface area contributed by atoms with Crippen LogP contribution in [0, 0.1) is 18.3 Å². The van der Waals surface area contributed by atoms with E-state index in [1.165, 1.54) is 6.20 Å². The first-order valence-electron chi connectivity index (χ1n) is 6.84. The largest absolute Gasteiger partial charge is 0.382 e. The highest BCUT2D eigenvalue weighted by atomic mass is 15.3. The highest BCUT2D eigenvalue weighted by Gasteiger charge is 2.26. The average Bonchev–Trinajstić information content (AvgIpc) is 2.94. The Labute approximate surface area is 122 Å². The van der Waals surface area contributed by atoms with Gasteiger partial charge in [0.05, 0.1) is 6.20 Å². The van der Waals surface area contributed by atoms with E-state index in [1.807, 2.05) is 13.0 Å². The second-order valence-corrected chi connectivity index (χ2v) is 5.14. The Morgan fingerprint density at radius 2 is 2.33 bits per heavy atom. The Bertz CT molecular complexity index is 686. The van der Waals surface area contributed by atoms with Gasteiger partial charge in [-0.15, -0.1) is 0 Å². The normalized spacial score (nSPS) is 18.5. The van der Waals surface area contributed by atoms with Gasteiger partial charge in [-0.3, -0.25) is 5.10 Å². The predicted octanol–water partition coefficient (Wildman–Crippen LogP) is 0.741. The van der Waals surface area contributed by atoms with E-state index in [9.17, 15) is 0 Å². The summed E-state index contributed by atoms with van der Waals surface area (Å²) in [7, 11) is 0. The number of nitrogens with one attached hydrogen (secondary N) is 1. The first-order valence-corrected chi connectivity index (χ1v) is 6.84. The van der Waals surface area contributed by atoms with Crippen molar-refractivity contribution in [3.8, 4) is 6.07 Å². The predicted molar refractivity (Wildman–Crippen MR) is 76.5 cm³/mol. The molecule has 0 aliphatic carbocycles. The average molecular weight is 284 g/mol. The summed E-state index contributed by atoms with van der Waals surface area (Å²) in [5.74, 6) is 2.69. The van der Waals surface area contributed by atoms with Gasteiger partial charge in [0.25, 0.3) is 0 Å². The van der Waals surface area contributed by atoms with Crippen LogP contribution < -0.4 is 10.6 Å². The second kappa shape index (κ2) is 5.36. The molecule has 3 heterocycles. The van der Waals surface area contributed by atoms with Crippen LogP contribution in [0.15, 0.2) is 6.20 Å². The highest BCUT2D eigenvalue weighted by molar-refractivity contribution is 5.50. The number of nitrogens with two attached hydrogens (primary N) is 1. The minimum atomic E-state index is 0.221. The molecule has 8 nitrogen and oxygen atoms in total. The van der Waals surface area contributed by atoms with Gasteiger partial charge in [-0.1, -0.05) is 0 Å². The molecule has 21 heavy (non-hydrogen) atoms. The lowest BCUT2D eigenvalue weighted by Gasteiger charge is -2.31. The molecule has 0 saturated carbocycles. The number of piperidine rings is 1. The van der Waals surface area contributed by atoms with Gasteiger partial charge >= 0.3 is 0 Å². The van der Waals surface area contributed by atoms with Crippen LogP contribution in [-0.4, -0.2) is 38.2 Å². The third-order valence-corrected chi connectivity index (χ3v) is 3.61. The van der Waals surface area contributed by atoms with Gasteiger partial charge in [0, 0.05) is 19.0 Å². The van der Waals surface area contributed by atoms with E-state index in [4.69, 9.17) is 11.0 Å². The number of aromatic nitrogens is 5. The minimum Gasteiger partial charge on any atom is -0.382 e. The number of nitrogens with zero attached hydrogens (tertiary/aromatic N) is 6. The monoisotopic (exact) mass is 284 g/mol. The first kappa shape index (κ1) is 13.3. The molecule has 108 valence electrons. The molecule has 1 aliphatic heterocycles. The summed E-state index contributed by atoms with van der Waals surface area (Å²) in [6, 6.07) is 1.97. The number of rotatable bonds is 2. The number of hydrogen-bond acceptors (Lipinski definition) is 7. The van der Waals surface area contributed by atoms with E-state index >= 15 is 0 Å². The molecule has 0 bridgehead atoms. The van der Waals surface area contributed by atoms with Gasteiger partial charge in [-0.2, -0.15) is 15.3 Å². The van der Waals surface area contributed by atoms with Crippen LogP contribution in [0.5, 0.6) is 0 Å². The number of aryl methyl sites for hydroxylation is 1. The van der Waals surface area contributed by atoms with Crippen molar-refractivity contribution in [3.05, 3.63) is 23.4 Å². The van der Waals surface area contributed by atoms with Crippen molar-refractivity contribution >= 4 is 11.8 Å². The fraction of sp³-hybridized carbons (Fsp3) is 0.462. The second-order valence-electron chi connectivity index (χ2n) is 5.14. The summed E-state index contributed by atoms with van der Waals surface area (Å²) in [6.07, 6.45) is 3.53. The smallest absolute Gasteiger partial charge is 0.227 e. The fourth-order valence-electron chi connectivity index (χ4n) is 2.54. The Kier molecular flexibility index (Phi) is 3.39. The zero-order valence-corrected chi connectivity index (χ0v) is 11.7. The number of nitriles is 1. The van der Waals surface area contributed by atoms with Gasteiger partial charge in [0.15, 0.2) is 5.82 Å². The Balaban J connectivity index is 1.80. The number of H-pyrrole nitrogens is 1. The molecule has 0 aromatic carbocycles. The lowest BCUT2D eigenvalue weighted by Crippen LogP contribution is -2.36. The van der Waals surface area contributed by atoms with Gasteiger partial charge < -0.3 is 10.6 Å². The van der Waals surface area contributed by atoms with Crippen molar-refractivity contribution in [3.63, 3.8) is 0 Å². The summed E-state index contributed by atoms with van der Waals surface area (Å²) >= 11 is 0. The van der Waals surface area contributed by atoms with Crippen LogP contribution in [0.25, 0.3) is 0 Å². The maximum absolute atomic E-state index is 8.87. The van der Waals surface area contributed by atoms with E-state index in [-0.39, 0.29) is 11.7 Å². The molecule has 1 unspecified atom stereocenters. The summed E-state index contributed by atoms with van der Waals surface area (Å²) in [6.45, 7) is 3.51.